The van der Waals surface area contributed by atoms with Gasteiger partial charge in [-0.05, 0) is 31.9 Å². The summed E-state index contributed by atoms with van der Waals surface area (Å²) in [5.41, 5.74) is 0.860. The number of carbonyl (C=O) groups is 1. The molecule has 1 atom stereocenters. The highest BCUT2D eigenvalue weighted by Crippen LogP contribution is 2.09. The quantitative estimate of drug-likeness (QED) is 0.730. The fraction of sp³-hybridized carbons (Fsp3) is 0.611. The van der Waals surface area contributed by atoms with E-state index in [0.29, 0.717) is 19.0 Å². The molecule has 2 aromatic heterocycles. The van der Waals surface area contributed by atoms with E-state index in [4.69, 9.17) is 4.74 Å². The zero-order chi connectivity index (χ0) is 17.5. The zero-order valence-corrected chi connectivity index (χ0v) is 14.9. The van der Waals surface area contributed by atoms with Crippen LogP contribution in [-0.2, 0) is 16.0 Å². The van der Waals surface area contributed by atoms with Gasteiger partial charge < -0.3 is 10.1 Å². The summed E-state index contributed by atoms with van der Waals surface area (Å²) in [6.45, 7) is 6.40. The zero-order valence-electron chi connectivity index (χ0n) is 14.9. The molecular formula is C18H27N5O2. The summed E-state index contributed by atoms with van der Waals surface area (Å²) in [7, 11) is 0. The van der Waals surface area contributed by atoms with Crippen molar-refractivity contribution in [3.05, 3.63) is 30.2 Å². The summed E-state index contributed by atoms with van der Waals surface area (Å²) in [5, 5.41) is 11.4. The van der Waals surface area contributed by atoms with Crippen LogP contribution in [0.5, 0.6) is 0 Å². The van der Waals surface area contributed by atoms with Crippen LogP contribution in [0, 0.1) is 0 Å². The topological polar surface area (TPSA) is 71.8 Å². The van der Waals surface area contributed by atoms with E-state index < -0.39 is 0 Å². The average molecular weight is 345 g/mol. The number of fused-ring (bicyclic) bond motifs is 1. The van der Waals surface area contributed by atoms with Crippen LogP contribution < -0.4 is 5.32 Å². The first kappa shape index (κ1) is 17.8. The van der Waals surface area contributed by atoms with Gasteiger partial charge >= 0.3 is 0 Å². The monoisotopic (exact) mass is 345 g/mol. The Kier molecular flexibility index (Phi) is 6.36. The van der Waals surface area contributed by atoms with E-state index in [1.165, 1.54) is 0 Å². The number of morpholine rings is 1. The van der Waals surface area contributed by atoms with Crippen LogP contribution in [0.1, 0.15) is 32.0 Å². The van der Waals surface area contributed by atoms with Crippen LogP contribution >= 0.6 is 0 Å². The predicted molar refractivity (Wildman–Crippen MR) is 95.4 cm³/mol. The molecular weight excluding hydrogens is 318 g/mol. The highest BCUT2D eigenvalue weighted by atomic mass is 16.5. The second-order valence-electron chi connectivity index (χ2n) is 6.53. The van der Waals surface area contributed by atoms with E-state index in [1.54, 1.807) is 0 Å². The van der Waals surface area contributed by atoms with Crippen molar-refractivity contribution in [2.45, 2.75) is 38.6 Å². The molecule has 136 valence electrons. The molecule has 2 aromatic rings. The largest absolute Gasteiger partial charge is 0.379 e. The van der Waals surface area contributed by atoms with E-state index in [9.17, 15) is 4.79 Å². The molecule has 0 aromatic carbocycles. The van der Waals surface area contributed by atoms with E-state index in [2.05, 4.69) is 27.3 Å². The molecule has 3 heterocycles. The Morgan fingerprint density at radius 1 is 1.32 bits per heavy atom. The summed E-state index contributed by atoms with van der Waals surface area (Å²) in [6, 6.07) is 6.29. The molecule has 1 saturated heterocycles. The minimum absolute atomic E-state index is 0.131. The van der Waals surface area contributed by atoms with Gasteiger partial charge in [0.15, 0.2) is 5.65 Å². The van der Waals surface area contributed by atoms with Gasteiger partial charge in [-0.1, -0.05) is 6.07 Å². The van der Waals surface area contributed by atoms with Gasteiger partial charge in [-0.3, -0.25) is 14.1 Å². The average Bonchev–Trinajstić information content (AvgIpc) is 3.07. The van der Waals surface area contributed by atoms with Crippen LogP contribution in [0.2, 0.25) is 0 Å². The molecule has 0 spiro atoms. The number of rotatable bonds is 8. The van der Waals surface area contributed by atoms with Gasteiger partial charge in [0.1, 0.15) is 5.82 Å². The Bertz CT molecular complexity index is 681. The lowest BCUT2D eigenvalue weighted by molar-refractivity contribution is -0.121. The Morgan fingerprint density at radius 2 is 2.16 bits per heavy atom. The van der Waals surface area contributed by atoms with Crippen LogP contribution in [0.3, 0.4) is 0 Å². The third-order valence-corrected chi connectivity index (χ3v) is 4.74. The maximum atomic E-state index is 12.0. The molecule has 3 rings (SSSR count). The smallest absolute Gasteiger partial charge is 0.220 e. The summed E-state index contributed by atoms with van der Waals surface area (Å²) in [6.07, 6.45) is 5.10. The molecule has 7 nitrogen and oxygen atoms in total. The summed E-state index contributed by atoms with van der Waals surface area (Å²) in [4.78, 5) is 14.4. The first-order valence-electron chi connectivity index (χ1n) is 9.11. The number of ether oxygens (including phenoxy) is 1. The highest BCUT2D eigenvalue weighted by molar-refractivity contribution is 5.75. The molecule has 25 heavy (non-hydrogen) atoms. The minimum Gasteiger partial charge on any atom is -0.379 e. The van der Waals surface area contributed by atoms with E-state index in [-0.39, 0.29) is 5.91 Å². The van der Waals surface area contributed by atoms with E-state index >= 15 is 0 Å². The summed E-state index contributed by atoms with van der Waals surface area (Å²) in [5.74, 6) is 1.07. The number of nitrogens with zero attached hydrogens (tertiary/aromatic N) is 4. The molecule has 1 aliphatic heterocycles. The second kappa shape index (κ2) is 8.92. The number of aryl methyl sites for hydroxylation is 1. The maximum absolute atomic E-state index is 12.0. The van der Waals surface area contributed by atoms with Gasteiger partial charge in [0, 0.05) is 44.7 Å². The normalized spacial score (nSPS) is 16.8. The number of carbonyl (C=O) groups excluding carboxylic acids is 1. The van der Waals surface area contributed by atoms with Crippen LogP contribution in [0.15, 0.2) is 24.4 Å². The van der Waals surface area contributed by atoms with Crippen molar-refractivity contribution < 1.29 is 9.53 Å². The first-order valence-corrected chi connectivity index (χ1v) is 9.11. The Morgan fingerprint density at radius 3 is 3.00 bits per heavy atom. The van der Waals surface area contributed by atoms with Gasteiger partial charge in [-0.2, -0.15) is 0 Å². The Hall–Kier alpha value is -1.99. The lowest BCUT2D eigenvalue weighted by Gasteiger charge is -2.32. The molecule has 1 N–H and O–H groups in total. The Balaban J connectivity index is 1.32. The Labute approximate surface area is 148 Å². The predicted octanol–water partition coefficient (Wildman–Crippen LogP) is 1.28. The van der Waals surface area contributed by atoms with Gasteiger partial charge in [0.05, 0.1) is 13.2 Å². The molecule has 7 heteroatoms. The van der Waals surface area contributed by atoms with Gasteiger partial charge in [-0.15, -0.1) is 10.2 Å². The second-order valence-corrected chi connectivity index (χ2v) is 6.53. The standard InChI is InChI=1S/C18H27N5O2/c1-15(22-11-13-25-14-12-22)7-8-18(24)19-9-4-6-17-21-20-16-5-2-3-10-23(16)17/h2-3,5,10,15H,4,6-9,11-14H2,1H3,(H,19,24)/t15-/m0/s1. The maximum Gasteiger partial charge on any atom is 0.220 e. The van der Waals surface area contributed by atoms with Gasteiger partial charge in [0.25, 0.3) is 0 Å². The number of amides is 1. The number of hydrogen-bond donors (Lipinski definition) is 1. The SMILES string of the molecule is C[C@@H](CCC(=O)NCCCc1nnc2ccccn12)N1CCOCC1. The van der Waals surface area contributed by atoms with Crippen molar-refractivity contribution in [3.8, 4) is 0 Å². The molecule has 0 bridgehead atoms. The fourth-order valence-corrected chi connectivity index (χ4v) is 3.16. The number of hydrogen-bond acceptors (Lipinski definition) is 5. The van der Waals surface area contributed by atoms with Crippen LogP contribution in [0.25, 0.3) is 5.65 Å². The number of pyridine rings is 1. The number of aromatic nitrogens is 3. The number of nitrogens with one attached hydrogen (secondary N) is 1. The molecule has 1 aliphatic rings. The molecule has 0 radical (unpaired) electrons. The van der Waals surface area contributed by atoms with Gasteiger partial charge in [0.2, 0.25) is 5.91 Å². The van der Waals surface area contributed by atoms with Crippen molar-refractivity contribution in [3.63, 3.8) is 0 Å². The van der Waals surface area contributed by atoms with E-state index in [1.807, 2.05) is 28.8 Å². The lowest BCUT2D eigenvalue weighted by Crippen LogP contribution is -2.42. The molecule has 0 aliphatic carbocycles. The fourth-order valence-electron chi connectivity index (χ4n) is 3.16. The summed E-state index contributed by atoms with van der Waals surface area (Å²) >= 11 is 0. The van der Waals surface area contributed by atoms with Crippen molar-refractivity contribution in [2.24, 2.45) is 0 Å². The third kappa shape index (κ3) is 4.99. The van der Waals surface area contributed by atoms with Crippen molar-refractivity contribution in [2.75, 3.05) is 32.8 Å². The molecule has 1 amide bonds. The third-order valence-electron chi connectivity index (χ3n) is 4.74. The van der Waals surface area contributed by atoms with Crippen molar-refractivity contribution >= 4 is 11.6 Å². The first-order chi connectivity index (χ1) is 12.2. The minimum atomic E-state index is 0.131. The molecule has 1 fully saturated rings. The molecule has 0 saturated carbocycles. The summed E-state index contributed by atoms with van der Waals surface area (Å²) < 4.78 is 7.36. The van der Waals surface area contributed by atoms with Crippen LogP contribution in [0.4, 0.5) is 0 Å². The van der Waals surface area contributed by atoms with Crippen molar-refractivity contribution in [1.29, 1.82) is 0 Å². The van der Waals surface area contributed by atoms with E-state index in [0.717, 1.165) is 57.0 Å². The highest BCUT2D eigenvalue weighted by Gasteiger charge is 2.17. The van der Waals surface area contributed by atoms with Gasteiger partial charge in [-0.25, -0.2) is 0 Å². The van der Waals surface area contributed by atoms with Crippen molar-refractivity contribution in [1.82, 2.24) is 24.8 Å². The lowest BCUT2D eigenvalue weighted by atomic mass is 10.1. The molecule has 0 unspecified atom stereocenters. The van der Waals surface area contributed by atoms with Crippen LogP contribution in [-0.4, -0.2) is 64.3 Å².